The number of fused-ring (bicyclic) bond motifs is 1. The summed E-state index contributed by atoms with van der Waals surface area (Å²) < 4.78 is 7.07. The standard InChI is InChI=1S/C16H21N3O2/c1-18-7-4-13-3-6-17-14(16(13)18)9-12-10-19(11-12)15(20)5-8-21-2/h3-4,6-7,12H,5,8-11H2,1-2H3. The lowest BCUT2D eigenvalue weighted by Crippen LogP contribution is -2.51. The largest absolute Gasteiger partial charge is 0.384 e. The molecule has 21 heavy (non-hydrogen) atoms. The molecule has 0 unspecified atom stereocenters. The van der Waals surface area contributed by atoms with E-state index in [4.69, 9.17) is 4.74 Å². The van der Waals surface area contributed by atoms with Crippen molar-refractivity contribution in [1.29, 1.82) is 0 Å². The molecule has 3 rings (SSSR count). The Morgan fingerprint density at radius 3 is 3.00 bits per heavy atom. The van der Waals surface area contributed by atoms with Crippen LogP contribution in [0.3, 0.4) is 0 Å². The van der Waals surface area contributed by atoms with E-state index in [2.05, 4.69) is 28.9 Å². The second-order valence-corrected chi connectivity index (χ2v) is 5.73. The molecule has 0 atom stereocenters. The fourth-order valence-electron chi connectivity index (χ4n) is 3.00. The number of hydrogen-bond acceptors (Lipinski definition) is 3. The highest BCUT2D eigenvalue weighted by atomic mass is 16.5. The molecule has 1 fully saturated rings. The molecule has 1 saturated heterocycles. The molecular weight excluding hydrogens is 266 g/mol. The zero-order valence-electron chi connectivity index (χ0n) is 12.6. The monoisotopic (exact) mass is 287 g/mol. The number of carbonyl (C=O) groups excluding carboxylic acids is 1. The van der Waals surface area contributed by atoms with Gasteiger partial charge in [-0.2, -0.15) is 0 Å². The topological polar surface area (TPSA) is 47.4 Å². The van der Waals surface area contributed by atoms with Gasteiger partial charge in [0.15, 0.2) is 0 Å². The highest BCUT2D eigenvalue weighted by Crippen LogP contribution is 2.24. The van der Waals surface area contributed by atoms with Gasteiger partial charge in [-0.1, -0.05) is 0 Å². The zero-order chi connectivity index (χ0) is 14.8. The summed E-state index contributed by atoms with van der Waals surface area (Å²) in [5.41, 5.74) is 2.34. The van der Waals surface area contributed by atoms with Gasteiger partial charge in [0.05, 0.1) is 24.2 Å². The number of methoxy groups -OCH3 is 1. The van der Waals surface area contributed by atoms with E-state index in [0.717, 1.165) is 25.2 Å². The van der Waals surface area contributed by atoms with Gasteiger partial charge in [-0.25, -0.2) is 0 Å². The first kappa shape index (κ1) is 14.1. The van der Waals surface area contributed by atoms with Crippen LogP contribution in [-0.2, 0) is 23.0 Å². The second kappa shape index (κ2) is 5.85. The number of rotatable bonds is 5. The summed E-state index contributed by atoms with van der Waals surface area (Å²) in [5.74, 6) is 0.711. The van der Waals surface area contributed by atoms with E-state index in [-0.39, 0.29) is 5.91 Å². The molecule has 112 valence electrons. The number of pyridine rings is 1. The molecule has 0 radical (unpaired) electrons. The van der Waals surface area contributed by atoms with Crippen LogP contribution in [0, 0.1) is 5.92 Å². The Bertz CT molecular complexity index is 644. The first-order valence-electron chi connectivity index (χ1n) is 7.34. The predicted octanol–water partition coefficient (Wildman–Crippen LogP) is 1.61. The Hall–Kier alpha value is -1.88. The van der Waals surface area contributed by atoms with E-state index in [0.29, 0.717) is 18.9 Å². The Balaban J connectivity index is 1.61. The lowest BCUT2D eigenvalue weighted by atomic mass is 9.93. The van der Waals surface area contributed by atoms with E-state index in [1.807, 2.05) is 17.2 Å². The van der Waals surface area contributed by atoms with Gasteiger partial charge in [0.1, 0.15) is 0 Å². The van der Waals surface area contributed by atoms with Crippen molar-refractivity contribution >= 4 is 16.8 Å². The van der Waals surface area contributed by atoms with E-state index >= 15 is 0 Å². The molecule has 0 spiro atoms. The minimum Gasteiger partial charge on any atom is -0.384 e. The minimum absolute atomic E-state index is 0.193. The minimum atomic E-state index is 0.193. The number of ether oxygens (including phenoxy) is 1. The molecule has 2 aromatic rings. The Morgan fingerprint density at radius 2 is 2.24 bits per heavy atom. The van der Waals surface area contributed by atoms with E-state index in [9.17, 15) is 4.79 Å². The van der Waals surface area contributed by atoms with Gasteiger partial charge in [-0.3, -0.25) is 9.78 Å². The van der Waals surface area contributed by atoms with Gasteiger partial charge in [-0.15, -0.1) is 0 Å². The summed E-state index contributed by atoms with van der Waals surface area (Å²) in [7, 11) is 3.67. The highest BCUT2D eigenvalue weighted by molar-refractivity contribution is 5.82. The zero-order valence-corrected chi connectivity index (χ0v) is 12.6. The molecule has 0 saturated carbocycles. The smallest absolute Gasteiger partial charge is 0.224 e. The normalized spacial score (nSPS) is 15.4. The molecule has 5 nitrogen and oxygen atoms in total. The molecule has 1 amide bonds. The molecule has 0 aliphatic carbocycles. The maximum Gasteiger partial charge on any atom is 0.224 e. The van der Waals surface area contributed by atoms with Crippen molar-refractivity contribution in [3.05, 3.63) is 30.2 Å². The average Bonchev–Trinajstić information content (AvgIpc) is 2.82. The van der Waals surface area contributed by atoms with Crippen molar-refractivity contribution in [3.8, 4) is 0 Å². The van der Waals surface area contributed by atoms with Gasteiger partial charge in [0, 0.05) is 45.0 Å². The summed E-state index contributed by atoms with van der Waals surface area (Å²) in [6.45, 7) is 2.18. The molecule has 1 aliphatic rings. The van der Waals surface area contributed by atoms with Crippen LogP contribution < -0.4 is 0 Å². The Morgan fingerprint density at radius 1 is 1.43 bits per heavy atom. The maximum absolute atomic E-state index is 11.8. The number of aromatic nitrogens is 2. The summed E-state index contributed by atoms with van der Waals surface area (Å²) in [6, 6.07) is 4.15. The fourth-order valence-corrected chi connectivity index (χ4v) is 3.00. The predicted molar refractivity (Wildman–Crippen MR) is 81.0 cm³/mol. The van der Waals surface area contributed by atoms with Gasteiger partial charge >= 0.3 is 0 Å². The molecule has 3 heterocycles. The van der Waals surface area contributed by atoms with E-state index in [1.54, 1.807) is 7.11 Å². The van der Waals surface area contributed by atoms with Crippen molar-refractivity contribution in [3.63, 3.8) is 0 Å². The second-order valence-electron chi connectivity index (χ2n) is 5.73. The number of aryl methyl sites for hydroxylation is 1. The summed E-state index contributed by atoms with van der Waals surface area (Å²) >= 11 is 0. The van der Waals surface area contributed by atoms with Crippen LogP contribution in [0.25, 0.3) is 10.9 Å². The lowest BCUT2D eigenvalue weighted by Gasteiger charge is -2.39. The Kier molecular flexibility index (Phi) is 3.92. The van der Waals surface area contributed by atoms with Gasteiger partial charge in [-0.05, 0) is 24.5 Å². The van der Waals surface area contributed by atoms with E-state index in [1.165, 1.54) is 10.9 Å². The summed E-state index contributed by atoms with van der Waals surface area (Å²) in [6.07, 6.45) is 5.35. The molecule has 1 aliphatic heterocycles. The van der Waals surface area contributed by atoms with Gasteiger partial charge in [0.2, 0.25) is 5.91 Å². The van der Waals surface area contributed by atoms with Crippen molar-refractivity contribution in [2.45, 2.75) is 12.8 Å². The third kappa shape index (κ3) is 2.78. The highest BCUT2D eigenvalue weighted by Gasteiger charge is 2.31. The maximum atomic E-state index is 11.8. The van der Waals surface area contributed by atoms with Crippen molar-refractivity contribution in [1.82, 2.24) is 14.5 Å². The van der Waals surface area contributed by atoms with E-state index < -0.39 is 0 Å². The quantitative estimate of drug-likeness (QED) is 0.839. The third-order valence-corrected chi connectivity index (χ3v) is 4.17. The summed E-state index contributed by atoms with van der Waals surface area (Å²) in [4.78, 5) is 18.3. The third-order valence-electron chi connectivity index (χ3n) is 4.17. The first-order valence-corrected chi connectivity index (χ1v) is 7.34. The molecule has 0 bridgehead atoms. The van der Waals surface area contributed by atoms with Crippen LogP contribution in [0.4, 0.5) is 0 Å². The Labute approximate surface area is 124 Å². The fraction of sp³-hybridized carbons (Fsp3) is 0.500. The number of carbonyl (C=O) groups is 1. The number of hydrogen-bond donors (Lipinski definition) is 0. The van der Waals surface area contributed by atoms with Crippen LogP contribution in [0.15, 0.2) is 24.5 Å². The molecule has 5 heteroatoms. The van der Waals surface area contributed by atoms with Crippen molar-refractivity contribution < 1.29 is 9.53 Å². The first-order chi connectivity index (χ1) is 10.2. The molecule has 0 N–H and O–H groups in total. The van der Waals surface area contributed by atoms with Crippen molar-refractivity contribution in [2.24, 2.45) is 13.0 Å². The van der Waals surface area contributed by atoms with Crippen molar-refractivity contribution in [2.75, 3.05) is 26.8 Å². The van der Waals surface area contributed by atoms with Crippen LogP contribution >= 0.6 is 0 Å². The van der Waals surface area contributed by atoms with Crippen LogP contribution in [0.1, 0.15) is 12.1 Å². The number of nitrogens with zero attached hydrogens (tertiary/aromatic N) is 3. The lowest BCUT2D eigenvalue weighted by molar-refractivity contribution is -0.138. The van der Waals surface area contributed by atoms with Crippen LogP contribution in [0.2, 0.25) is 0 Å². The molecular formula is C16H21N3O2. The van der Waals surface area contributed by atoms with Gasteiger partial charge in [0.25, 0.3) is 0 Å². The van der Waals surface area contributed by atoms with Crippen LogP contribution in [-0.4, -0.2) is 47.2 Å². The molecule has 0 aromatic carbocycles. The SMILES string of the molecule is COCCC(=O)N1CC(Cc2nccc3ccn(C)c23)C1. The van der Waals surface area contributed by atoms with Gasteiger partial charge < -0.3 is 14.2 Å². The molecule has 2 aromatic heterocycles. The number of amides is 1. The average molecular weight is 287 g/mol. The summed E-state index contributed by atoms with van der Waals surface area (Å²) in [5, 5.41) is 1.23. The van der Waals surface area contributed by atoms with Crippen LogP contribution in [0.5, 0.6) is 0 Å². The number of likely N-dealkylation sites (tertiary alicyclic amines) is 1.